The van der Waals surface area contributed by atoms with Gasteiger partial charge in [0.1, 0.15) is 0 Å². The molecular weight excluding hydrogens is 252 g/mol. The van der Waals surface area contributed by atoms with Crippen molar-refractivity contribution < 1.29 is 8.84 Å². The Labute approximate surface area is 116 Å². The summed E-state index contributed by atoms with van der Waals surface area (Å²) in [5, 5.41) is 0.160. The third-order valence-corrected chi connectivity index (χ3v) is 8.18. The third kappa shape index (κ3) is 2.92. The summed E-state index contributed by atoms with van der Waals surface area (Å²) >= 11 is 0. The van der Waals surface area contributed by atoms with E-state index >= 15 is 0 Å². The van der Waals surface area contributed by atoms with Crippen LogP contribution in [0.2, 0.25) is 18.1 Å². The molecule has 3 heteroatoms. The van der Waals surface area contributed by atoms with Crippen molar-refractivity contribution in [2.45, 2.75) is 38.9 Å². The summed E-state index contributed by atoms with van der Waals surface area (Å²) in [5.41, 5.74) is 2.16. The van der Waals surface area contributed by atoms with E-state index < -0.39 is 8.32 Å². The van der Waals surface area contributed by atoms with Crippen molar-refractivity contribution >= 4 is 8.32 Å². The molecule has 2 aromatic rings. The molecule has 0 unspecified atom stereocenters. The first kappa shape index (κ1) is 13.9. The molecule has 19 heavy (non-hydrogen) atoms. The molecule has 0 aliphatic carbocycles. The van der Waals surface area contributed by atoms with E-state index in [0.717, 1.165) is 11.1 Å². The molecule has 0 amide bonds. The number of hydrogen-bond acceptors (Lipinski definition) is 2. The van der Waals surface area contributed by atoms with Gasteiger partial charge in [-0.3, -0.25) is 0 Å². The van der Waals surface area contributed by atoms with Gasteiger partial charge in [-0.25, -0.2) is 0 Å². The Balaban J connectivity index is 2.32. The van der Waals surface area contributed by atoms with Crippen LogP contribution in [0.5, 0.6) is 5.95 Å². The molecule has 1 aromatic carbocycles. The lowest BCUT2D eigenvalue weighted by Crippen LogP contribution is -2.43. The molecule has 0 spiro atoms. The van der Waals surface area contributed by atoms with Gasteiger partial charge in [0, 0.05) is 0 Å². The largest absolute Gasteiger partial charge is 0.518 e. The van der Waals surface area contributed by atoms with Crippen molar-refractivity contribution in [3.05, 3.63) is 42.7 Å². The van der Waals surface area contributed by atoms with Crippen molar-refractivity contribution in [1.82, 2.24) is 0 Å². The first-order valence-electron chi connectivity index (χ1n) is 6.63. The minimum Gasteiger partial charge on any atom is -0.518 e. The Morgan fingerprint density at radius 3 is 2.21 bits per heavy atom. The topological polar surface area (TPSA) is 22.4 Å². The van der Waals surface area contributed by atoms with Gasteiger partial charge in [0.05, 0.1) is 11.8 Å². The number of hydrogen-bond donors (Lipinski definition) is 0. The third-order valence-electron chi connectivity index (χ3n) is 3.87. The van der Waals surface area contributed by atoms with Gasteiger partial charge < -0.3 is 8.84 Å². The van der Waals surface area contributed by atoms with E-state index in [2.05, 4.69) is 46.0 Å². The van der Waals surface area contributed by atoms with Crippen molar-refractivity contribution in [1.29, 1.82) is 0 Å². The molecule has 0 saturated carbocycles. The maximum absolute atomic E-state index is 6.26. The lowest BCUT2D eigenvalue weighted by Gasteiger charge is -2.35. The Morgan fingerprint density at radius 1 is 1.00 bits per heavy atom. The molecule has 102 valence electrons. The average Bonchev–Trinajstić information content (AvgIpc) is 2.76. The zero-order valence-corrected chi connectivity index (χ0v) is 13.4. The summed E-state index contributed by atoms with van der Waals surface area (Å²) < 4.78 is 11.8. The summed E-state index contributed by atoms with van der Waals surface area (Å²) in [4.78, 5) is 0. The van der Waals surface area contributed by atoms with Crippen LogP contribution in [0.25, 0.3) is 11.1 Å². The molecule has 0 atom stereocenters. The Morgan fingerprint density at radius 2 is 1.63 bits per heavy atom. The SMILES string of the molecule is CC(C)(C)[Si](C)(C)Oc1occc1-c1ccccc1. The van der Waals surface area contributed by atoms with Gasteiger partial charge >= 0.3 is 0 Å². The van der Waals surface area contributed by atoms with Crippen LogP contribution in [0.3, 0.4) is 0 Å². The van der Waals surface area contributed by atoms with Crippen LogP contribution in [-0.4, -0.2) is 8.32 Å². The van der Waals surface area contributed by atoms with Gasteiger partial charge in [0.2, 0.25) is 0 Å². The zero-order valence-electron chi connectivity index (χ0n) is 12.4. The van der Waals surface area contributed by atoms with E-state index in [4.69, 9.17) is 8.84 Å². The average molecular weight is 274 g/mol. The van der Waals surface area contributed by atoms with E-state index in [-0.39, 0.29) is 5.04 Å². The predicted octanol–water partition coefficient (Wildman–Crippen LogP) is 5.33. The van der Waals surface area contributed by atoms with Gasteiger partial charge in [-0.15, -0.1) is 0 Å². The van der Waals surface area contributed by atoms with E-state index in [9.17, 15) is 0 Å². The highest BCUT2D eigenvalue weighted by atomic mass is 28.4. The predicted molar refractivity (Wildman–Crippen MR) is 82.0 cm³/mol. The highest BCUT2D eigenvalue weighted by Crippen LogP contribution is 2.40. The van der Waals surface area contributed by atoms with Crippen LogP contribution in [0.4, 0.5) is 0 Å². The molecule has 1 aromatic heterocycles. The second-order valence-corrected chi connectivity index (χ2v) is 11.1. The van der Waals surface area contributed by atoms with Crippen molar-refractivity contribution in [2.24, 2.45) is 0 Å². The Hall–Kier alpha value is -1.48. The van der Waals surface area contributed by atoms with Crippen LogP contribution < -0.4 is 4.43 Å². The molecule has 1 heterocycles. The van der Waals surface area contributed by atoms with E-state index in [1.165, 1.54) is 0 Å². The van der Waals surface area contributed by atoms with Gasteiger partial charge in [-0.2, -0.15) is 0 Å². The van der Waals surface area contributed by atoms with E-state index in [1.807, 2.05) is 24.3 Å². The normalized spacial score (nSPS) is 12.5. The quantitative estimate of drug-likeness (QED) is 0.706. The lowest BCUT2D eigenvalue weighted by molar-refractivity contribution is 0.368. The van der Waals surface area contributed by atoms with Crippen molar-refractivity contribution in [2.75, 3.05) is 0 Å². The summed E-state index contributed by atoms with van der Waals surface area (Å²) in [5.74, 6) is 0.651. The molecule has 0 saturated heterocycles. The first-order valence-corrected chi connectivity index (χ1v) is 9.54. The second-order valence-electron chi connectivity index (χ2n) is 6.35. The Kier molecular flexibility index (Phi) is 3.59. The minimum absolute atomic E-state index is 0.160. The number of rotatable bonds is 3. The first-order chi connectivity index (χ1) is 8.81. The summed E-state index contributed by atoms with van der Waals surface area (Å²) in [6, 6.07) is 12.2. The smallest absolute Gasteiger partial charge is 0.278 e. The fourth-order valence-electron chi connectivity index (χ4n) is 1.59. The van der Waals surface area contributed by atoms with Crippen molar-refractivity contribution in [3.63, 3.8) is 0 Å². The van der Waals surface area contributed by atoms with Gasteiger partial charge in [0.15, 0.2) is 0 Å². The van der Waals surface area contributed by atoms with E-state index in [1.54, 1.807) is 6.26 Å². The molecular formula is C16H22O2Si. The standard InChI is InChI=1S/C16H22O2Si/c1-16(2,3)19(4,5)18-15-14(11-12-17-15)13-9-7-6-8-10-13/h6-12H,1-5H3. The molecule has 0 bridgehead atoms. The highest BCUT2D eigenvalue weighted by molar-refractivity contribution is 6.74. The molecule has 0 radical (unpaired) electrons. The van der Waals surface area contributed by atoms with E-state index in [0.29, 0.717) is 5.95 Å². The molecule has 0 aliphatic rings. The number of furan rings is 1. The summed E-state index contributed by atoms with van der Waals surface area (Å²) in [6.45, 7) is 11.1. The van der Waals surface area contributed by atoms with Gasteiger partial charge in [-0.05, 0) is 29.8 Å². The fourth-order valence-corrected chi connectivity index (χ4v) is 2.52. The maximum Gasteiger partial charge on any atom is 0.278 e. The minimum atomic E-state index is -1.87. The molecule has 0 aliphatic heterocycles. The van der Waals surface area contributed by atoms with Crippen LogP contribution in [0.1, 0.15) is 20.8 Å². The van der Waals surface area contributed by atoms with Gasteiger partial charge in [-0.1, -0.05) is 51.1 Å². The number of benzene rings is 1. The van der Waals surface area contributed by atoms with Crippen LogP contribution in [-0.2, 0) is 0 Å². The van der Waals surface area contributed by atoms with Crippen LogP contribution >= 0.6 is 0 Å². The summed E-state index contributed by atoms with van der Waals surface area (Å²) in [6.07, 6.45) is 1.70. The monoisotopic (exact) mass is 274 g/mol. The lowest BCUT2D eigenvalue weighted by atomic mass is 10.1. The Bertz CT molecular complexity index is 535. The molecule has 0 N–H and O–H groups in total. The van der Waals surface area contributed by atoms with Gasteiger partial charge in [0.25, 0.3) is 14.3 Å². The molecule has 2 nitrogen and oxygen atoms in total. The fraction of sp³-hybridized carbons (Fsp3) is 0.375. The van der Waals surface area contributed by atoms with Crippen molar-refractivity contribution in [3.8, 4) is 17.1 Å². The highest BCUT2D eigenvalue weighted by Gasteiger charge is 2.40. The van der Waals surface area contributed by atoms with Crippen LogP contribution in [0.15, 0.2) is 47.1 Å². The second kappa shape index (κ2) is 4.89. The maximum atomic E-state index is 6.26. The van der Waals surface area contributed by atoms with Crippen LogP contribution in [0, 0.1) is 0 Å². The molecule has 0 fully saturated rings. The summed E-state index contributed by atoms with van der Waals surface area (Å²) in [7, 11) is -1.87. The molecule has 2 rings (SSSR count). The zero-order chi connectivity index (χ0) is 14.1.